The Morgan fingerprint density at radius 1 is 1.08 bits per heavy atom. The Balaban J connectivity index is 1.44. The van der Waals surface area contributed by atoms with Gasteiger partial charge in [0.25, 0.3) is 0 Å². The van der Waals surface area contributed by atoms with Crippen molar-refractivity contribution in [3.63, 3.8) is 0 Å². The van der Waals surface area contributed by atoms with E-state index in [9.17, 15) is 13.2 Å². The molecule has 1 fully saturated rings. The quantitative estimate of drug-likeness (QED) is 0.807. The van der Waals surface area contributed by atoms with Gasteiger partial charge in [-0.25, -0.2) is 0 Å². The molecule has 26 heavy (non-hydrogen) atoms. The number of rotatable bonds is 3. The molecule has 2 aliphatic heterocycles. The van der Waals surface area contributed by atoms with E-state index in [2.05, 4.69) is 22.2 Å². The Morgan fingerprint density at radius 2 is 1.88 bits per heavy atom. The van der Waals surface area contributed by atoms with E-state index < -0.39 is 17.3 Å². The summed E-state index contributed by atoms with van der Waals surface area (Å²) in [5.41, 5.74) is 1.24. The van der Waals surface area contributed by atoms with Crippen LogP contribution in [-0.2, 0) is 17.6 Å². The topological polar surface area (TPSA) is 24.8 Å². The highest BCUT2D eigenvalue weighted by atomic mass is 19.4. The maximum atomic E-state index is 12.9. The van der Waals surface area contributed by atoms with E-state index in [1.807, 2.05) is 18.2 Å². The van der Waals surface area contributed by atoms with Gasteiger partial charge in [-0.1, -0.05) is 47.6 Å². The maximum absolute atomic E-state index is 12.9. The molecular formula is C20H19F3N2O. The van der Waals surface area contributed by atoms with Gasteiger partial charge in [-0.2, -0.15) is 13.2 Å². The minimum absolute atomic E-state index is 0.418. The maximum Gasteiger partial charge on any atom is 0.416 e. The van der Waals surface area contributed by atoms with Crippen molar-refractivity contribution < 1.29 is 18.0 Å². The van der Waals surface area contributed by atoms with Gasteiger partial charge in [0.05, 0.1) is 11.3 Å². The third-order valence-electron chi connectivity index (χ3n) is 5.01. The summed E-state index contributed by atoms with van der Waals surface area (Å²) >= 11 is 0. The minimum atomic E-state index is -4.35. The second-order valence-electron chi connectivity index (χ2n) is 7.01. The van der Waals surface area contributed by atoms with Crippen LogP contribution < -0.4 is 0 Å². The highest BCUT2D eigenvalue weighted by Gasteiger charge is 2.45. The minimum Gasteiger partial charge on any atom is -0.387 e. The number of likely N-dealkylation sites (tertiary alicyclic amines) is 1. The number of hydrogen-bond acceptors (Lipinski definition) is 3. The summed E-state index contributed by atoms with van der Waals surface area (Å²) in [6, 6.07) is 15.5. The largest absolute Gasteiger partial charge is 0.416 e. The molecule has 2 aromatic rings. The van der Waals surface area contributed by atoms with Gasteiger partial charge in [0.15, 0.2) is 5.60 Å². The van der Waals surface area contributed by atoms with Crippen LogP contribution in [0.5, 0.6) is 0 Å². The van der Waals surface area contributed by atoms with E-state index in [0.717, 1.165) is 38.2 Å². The van der Waals surface area contributed by atoms with Gasteiger partial charge in [-0.3, -0.25) is 4.90 Å². The van der Waals surface area contributed by atoms with E-state index in [0.29, 0.717) is 17.7 Å². The number of hydrogen-bond donors (Lipinski definition) is 0. The fourth-order valence-electron chi connectivity index (χ4n) is 3.67. The Bertz CT molecular complexity index is 819. The molecule has 1 spiro atoms. The second kappa shape index (κ2) is 6.43. The SMILES string of the molecule is FC(F)(F)c1cccc(C2=NOC3(CCN(Cc4ccccc4)C3)C2)c1. The first-order valence-corrected chi connectivity index (χ1v) is 8.63. The van der Waals surface area contributed by atoms with Gasteiger partial charge in [-0.05, 0) is 17.7 Å². The fourth-order valence-corrected chi connectivity index (χ4v) is 3.67. The third-order valence-corrected chi connectivity index (χ3v) is 5.01. The van der Waals surface area contributed by atoms with Crippen molar-refractivity contribution in [3.8, 4) is 0 Å². The molecule has 136 valence electrons. The lowest BCUT2D eigenvalue weighted by atomic mass is 9.93. The Hall–Kier alpha value is -2.34. The molecular weight excluding hydrogens is 341 g/mol. The summed E-state index contributed by atoms with van der Waals surface area (Å²) in [6.45, 7) is 2.46. The van der Waals surface area contributed by atoms with Gasteiger partial charge in [0.2, 0.25) is 0 Å². The smallest absolute Gasteiger partial charge is 0.387 e. The van der Waals surface area contributed by atoms with Crippen LogP contribution in [-0.4, -0.2) is 29.3 Å². The predicted molar refractivity (Wildman–Crippen MR) is 92.8 cm³/mol. The lowest BCUT2D eigenvalue weighted by Gasteiger charge is -2.21. The molecule has 1 unspecified atom stereocenters. The van der Waals surface area contributed by atoms with Crippen LogP contribution in [0.1, 0.15) is 29.5 Å². The molecule has 0 N–H and O–H groups in total. The molecule has 2 aliphatic rings. The lowest BCUT2D eigenvalue weighted by Crippen LogP contribution is -2.33. The van der Waals surface area contributed by atoms with Gasteiger partial charge in [-0.15, -0.1) is 0 Å². The van der Waals surface area contributed by atoms with Crippen LogP contribution >= 0.6 is 0 Å². The van der Waals surface area contributed by atoms with Crippen molar-refractivity contribution in [2.75, 3.05) is 13.1 Å². The van der Waals surface area contributed by atoms with Crippen LogP contribution in [0.25, 0.3) is 0 Å². The normalized spacial score (nSPS) is 23.3. The number of benzene rings is 2. The molecule has 2 aromatic carbocycles. The first-order valence-electron chi connectivity index (χ1n) is 8.63. The average Bonchev–Trinajstić information content (AvgIpc) is 3.22. The van der Waals surface area contributed by atoms with Crippen LogP contribution in [0.3, 0.4) is 0 Å². The van der Waals surface area contributed by atoms with Crippen LogP contribution in [0, 0.1) is 0 Å². The molecule has 0 amide bonds. The Labute approximate surface area is 150 Å². The summed E-state index contributed by atoms with van der Waals surface area (Å²) < 4.78 is 38.8. The van der Waals surface area contributed by atoms with Crippen molar-refractivity contribution in [1.29, 1.82) is 0 Å². The van der Waals surface area contributed by atoms with E-state index in [1.165, 1.54) is 11.6 Å². The predicted octanol–water partition coefficient (Wildman–Crippen LogP) is 4.47. The van der Waals surface area contributed by atoms with Crippen molar-refractivity contribution in [1.82, 2.24) is 4.90 Å². The summed E-state index contributed by atoms with van der Waals surface area (Å²) in [4.78, 5) is 8.03. The Morgan fingerprint density at radius 3 is 2.65 bits per heavy atom. The molecule has 0 saturated carbocycles. The Kier molecular flexibility index (Phi) is 4.23. The molecule has 0 bridgehead atoms. The molecule has 2 heterocycles. The molecule has 6 heteroatoms. The zero-order chi connectivity index (χ0) is 18.2. The molecule has 4 rings (SSSR count). The van der Waals surface area contributed by atoms with Crippen LogP contribution in [0.15, 0.2) is 59.8 Å². The van der Waals surface area contributed by atoms with E-state index in [1.54, 1.807) is 6.07 Å². The molecule has 0 radical (unpaired) electrons. The number of oxime groups is 1. The number of halogens is 3. The van der Waals surface area contributed by atoms with E-state index in [4.69, 9.17) is 4.84 Å². The molecule has 1 saturated heterocycles. The first-order chi connectivity index (χ1) is 12.4. The van der Waals surface area contributed by atoms with Gasteiger partial charge >= 0.3 is 6.18 Å². The molecule has 0 aromatic heterocycles. The number of nitrogens with zero attached hydrogens (tertiary/aromatic N) is 2. The summed E-state index contributed by atoms with van der Waals surface area (Å²) in [7, 11) is 0. The highest BCUT2D eigenvalue weighted by molar-refractivity contribution is 6.01. The second-order valence-corrected chi connectivity index (χ2v) is 7.01. The van der Waals surface area contributed by atoms with Crippen LogP contribution in [0.4, 0.5) is 13.2 Å². The van der Waals surface area contributed by atoms with Crippen molar-refractivity contribution in [3.05, 3.63) is 71.3 Å². The summed E-state index contributed by atoms with van der Waals surface area (Å²) in [5, 5.41) is 4.13. The lowest BCUT2D eigenvalue weighted by molar-refractivity contribution is -0.137. The van der Waals surface area contributed by atoms with Crippen molar-refractivity contribution in [2.24, 2.45) is 5.16 Å². The van der Waals surface area contributed by atoms with Crippen LogP contribution in [0.2, 0.25) is 0 Å². The van der Waals surface area contributed by atoms with Gasteiger partial charge in [0.1, 0.15) is 0 Å². The van der Waals surface area contributed by atoms with Crippen molar-refractivity contribution >= 4 is 5.71 Å². The molecule has 1 atom stereocenters. The zero-order valence-corrected chi connectivity index (χ0v) is 14.2. The standard InChI is InChI=1S/C20H19F3N2O/c21-20(22,23)17-8-4-7-16(11-17)18-12-19(26-24-18)9-10-25(14-19)13-15-5-2-1-3-6-15/h1-8,11H,9-10,12-14H2. The van der Waals surface area contributed by atoms with Crippen molar-refractivity contribution in [2.45, 2.75) is 31.2 Å². The summed E-state index contributed by atoms with van der Waals surface area (Å²) in [5.74, 6) is 0. The highest BCUT2D eigenvalue weighted by Crippen LogP contribution is 2.37. The summed E-state index contributed by atoms with van der Waals surface area (Å²) in [6.07, 6.45) is -2.99. The average molecular weight is 360 g/mol. The molecule has 3 nitrogen and oxygen atoms in total. The number of alkyl halides is 3. The first kappa shape index (κ1) is 17.1. The van der Waals surface area contributed by atoms with E-state index >= 15 is 0 Å². The van der Waals surface area contributed by atoms with E-state index in [-0.39, 0.29) is 0 Å². The van der Waals surface area contributed by atoms with Gasteiger partial charge < -0.3 is 4.84 Å². The monoisotopic (exact) mass is 360 g/mol. The third kappa shape index (κ3) is 3.46. The van der Waals surface area contributed by atoms with Gasteiger partial charge in [0, 0.05) is 38.0 Å². The fraction of sp³-hybridized carbons (Fsp3) is 0.350. The molecule has 0 aliphatic carbocycles. The zero-order valence-electron chi connectivity index (χ0n) is 14.2.